The molecule has 0 fully saturated rings. The highest BCUT2D eigenvalue weighted by Gasteiger charge is 2.21. The summed E-state index contributed by atoms with van der Waals surface area (Å²) in [6.07, 6.45) is 0. The smallest absolute Gasteiger partial charge is 0.336 e. The Hall–Kier alpha value is -3.54. The summed E-state index contributed by atoms with van der Waals surface area (Å²) in [6, 6.07) is 17.0. The second-order valence-electron chi connectivity index (χ2n) is 5.87. The lowest BCUT2D eigenvalue weighted by atomic mass is 10.1. The Kier molecular flexibility index (Phi) is 3.73. The summed E-state index contributed by atoms with van der Waals surface area (Å²) in [5, 5.41) is 14.4. The average molecular weight is 347 g/mol. The molecule has 0 radical (unpaired) electrons. The number of carboxylic acids is 1. The third kappa shape index (κ3) is 2.52. The number of aromatic nitrogens is 3. The Bertz CT molecular complexity index is 1140. The molecule has 4 rings (SSSR count). The van der Waals surface area contributed by atoms with Crippen LogP contribution in [0.15, 0.2) is 60.7 Å². The van der Waals surface area contributed by atoms with Crippen LogP contribution in [0.3, 0.4) is 0 Å². The monoisotopic (exact) mass is 347 g/mol. The highest BCUT2D eigenvalue weighted by Crippen LogP contribution is 2.29. The number of carboxylic acid groups (broad SMARTS) is 1. The van der Waals surface area contributed by atoms with Crippen LogP contribution in [-0.4, -0.2) is 25.8 Å². The van der Waals surface area contributed by atoms with Gasteiger partial charge in [-0.1, -0.05) is 42.5 Å². The van der Waals surface area contributed by atoms with E-state index >= 15 is 0 Å². The molecule has 0 bridgehead atoms. The van der Waals surface area contributed by atoms with E-state index in [4.69, 9.17) is 0 Å². The van der Waals surface area contributed by atoms with Crippen molar-refractivity contribution in [2.75, 3.05) is 0 Å². The number of nitrogens with zero attached hydrogens (tertiary/aromatic N) is 3. The maximum Gasteiger partial charge on any atom is 0.336 e. The maximum atomic E-state index is 14.3. The van der Waals surface area contributed by atoms with Gasteiger partial charge < -0.3 is 5.11 Å². The minimum Gasteiger partial charge on any atom is -0.478 e. The first-order chi connectivity index (χ1) is 12.6. The number of aromatic carboxylic acids is 1. The van der Waals surface area contributed by atoms with Crippen LogP contribution in [0.2, 0.25) is 0 Å². The number of hydrogen-bond donors (Lipinski definition) is 1. The predicted octanol–water partition coefficient (Wildman–Crippen LogP) is 4.23. The van der Waals surface area contributed by atoms with Crippen LogP contribution >= 0.6 is 0 Å². The van der Waals surface area contributed by atoms with E-state index in [1.165, 1.54) is 16.8 Å². The first kappa shape index (κ1) is 16.0. The molecule has 0 aliphatic rings. The number of halogens is 1. The first-order valence-corrected chi connectivity index (χ1v) is 8.00. The molecule has 0 saturated heterocycles. The molecular formula is C20H14FN3O2. The number of para-hydroxylation sites is 1. The molecule has 0 unspecified atom stereocenters. The van der Waals surface area contributed by atoms with Crippen LogP contribution in [0.5, 0.6) is 0 Å². The van der Waals surface area contributed by atoms with Gasteiger partial charge in [0, 0.05) is 5.56 Å². The molecule has 6 heteroatoms. The normalized spacial score (nSPS) is 11.0. The number of hydrogen-bond acceptors (Lipinski definition) is 3. The molecule has 0 aliphatic carbocycles. The Morgan fingerprint density at radius 2 is 1.77 bits per heavy atom. The zero-order chi connectivity index (χ0) is 18.3. The topological polar surface area (TPSA) is 68.0 Å². The minimum absolute atomic E-state index is 0.0916. The highest BCUT2D eigenvalue weighted by atomic mass is 19.1. The molecule has 26 heavy (non-hydrogen) atoms. The molecule has 5 nitrogen and oxygen atoms in total. The Labute approximate surface area is 148 Å². The van der Waals surface area contributed by atoms with Crippen molar-refractivity contribution >= 4 is 17.0 Å². The van der Waals surface area contributed by atoms with Gasteiger partial charge in [-0.25, -0.2) is 18.9 Å². The van der Waals surface area contributed by atoms with E-state index in [2.05, 4.69) is 10.1 Å². The lowest BCUT2D eigenvalue weighted by molar-refractivity contribution is 0.0699. The highest BCUT2D eigenvalue weighted by molar-refractivity contribution is 6.04. The van der Waals surface area contributed by atoms with Crippen molar-refractivity contribution in [3.05, 3.63) is 77.7 Å². The molecule has 0 amide bonds. The molecule has 0 spiro atoms. The fraction of sp³-hybridized carbons (Fsp3) is 0.0500. The average Bonchev–Trinajstić information content (AvgIpc) is 2.98. The number of pyridine rings is 1. The summed E-state index contributed by atoms with van der Waals surface area (Å²) in [7, 11) is 0. The summed E-state index contributed by atoms with van der Waals surface area (Å²) in [6.45, 7) is 1.69. The van der Waals surface area contributed by atoms with Gasteiger partial charge in [0.2, 0.25) is 0 Å². The number of rotatable bonds is 3. The van der Waals surface area contributed by atoms with E-state index in [9.17, 15) is 14.3 Å². The number of carbonyl (C=O) groups is 1. The van der Waals surface area contributed by atoms with E-state index in [0.29, 0.717) is 22.4 Å². The predicted molar refractivity (Wildman–Crippen MR) is 96.0 cm³/mol. The van der Waals surface area contributed by atoms with Gasteiger partial charge in [0.15, 0.2) is 5.65 Å². The molecule has 128 valence electrons. The molecule has 4 aromatic rings. The third-order valence-corrected chi connectivity index (χ3v) is 4.19. The van der Waals surface area contributed by atoms with Crippen molar-refractivity contribution in [1.29, 1.82) is 0 Å². The zero-order valence-electron chi connectivity index (χ0n) is 13.8. The van der Waals surface area contributed by atoms with Gasteiger partial charge >= 0.3 is 5.97 Å². The fourth-order valence-electron chi connectivity index (χ4n) is 3.01. The lowest BCUT2D eigenvalue weighted by Crippen LogP contribution is -2.03. The van der Waals surface area contributed by atoms with Gasteiger partial charge in [0.05, 0.1) is 22.3 Å². The van der Waals surface area contributed by atoms with Crippen LogP contribution in [0, 0.1) is 12.7 Å². The zero-order valence-corrected chi connectivity index (χ0v) is 13.8. The van der Waals surface area contributed by atoms with E-state index in [1.807, 2.05) is 30.3 Å². The molecule has 0 saturated carbocycles. The molecule has 2 aromatic heterocycles. The summed E-state index contributed by atoms with van der Waals surface area (Å²) >= 11 is 0. The molecule has 0 atom stereocenters. The van der Waals surface area contributed by atoms with Crippen LogP contribution in [0.1, 0.15) is 16.1 Å². The lowest BCUT2D eigenvalue weighted by Gasteiger charge is -2.07. The van der Waals surface area contributed by atoms with Crippen molar-refractivity contribution in [2.45, 2.75) is 6.92 Å². The number of aryl methyl sites for hydroxylation is 1. The first-order valence-electron chi connectivity index (χ1n) is 8.00. The van der Waals surface area contributed by atoms with Crippen molar-refractivity contribution < 1.29 is 14.3 Å². The summed E-state index contributed by atoms with van der Waals surface area (Å²) in [5.41, 5.74) is 2.37. The second-order valence-corrected chi connectivity index (χ2v) is 5.87. The number of benzene rings is 2. The van der Waals surface area contributed by atoms with Gasteiger partial charge in [-0.3, -0.25) is 0 Å². The molecule has 0 aliphatic heterocycles. The molecule has 2 heterocycles. The standard InChI is InChI=1S/C20H14FN3O2/c1-12-18-14(20(25)26)11-16(13-7-3-2-4-8-13)22-19(18)24(23-12)17-10-6-5-9-15(17)21/h2-11H,1H3,(H,25,26). The Morgan fingerprint density at radius 1 is 1.08 bits per heavy atom. The third-order valence-electron chi connectivity index (χ3n) is 4.19. The summed E-state index contributed by atoms with van der Waals surface area (Å²) < 4.78 is 15.7. The van der Waals surface area contributed by atoms with E-state index in [0.717, 1.165) is 5.56 Å². The second kappa shape index (κ2) is 6.07. The molecule has 2 aromatic carbocycles. The van der Waals surface area contributed by atoms with Crippen molar-refractivity contribution in [3.8, 4) is 16.9 Å². The summed E-state index contributed by atoms with van der Waals surface area (Å²) in [4.78, 5) is 16.4. The van der Waals surface area contributed by atoms with Crippen LogP contribution in [-0.2, 0) is 0 Å². The van der Waals surface area contributed by atoms with Crippen LogP contribution < -0.4 is 0 Å². The van der Waals surface area contributed by atoms with E-state index < -0.39 is 11.8 Å². The maximum absolute atomic E-state index is 14.3. The van der Waals surface area contributed by atoms with E-state index in [1.54, 1.807) is 25.1 Å². The van der Waals surface area contributed by atoms with Gasteiger partial charge in [0.25, 0.3) is 0 Å². The quantitative estimate of drug-likeness (QED) is 0.602. The molecule has 1 N–H and O–H groups in total. The van der Waals surface area contributed by atoms with Crippen LogP contribution in [0.4, 0.5) is 4.39 Å². The fourth-order valence-corrected chi connectivity index (χ4v) is 3.01. The Balaban J connectivity index is 2.09. The number of fused-ring (bicyclic) bond motifs is 1. The van der Waals surface area contributed by atoms with Crippen molar-refractivity contribution in [3.63, 3.8) is 0 Å². The van der Waals surface area contributed by atoms with E-state index in [-0.39, 0.29) is 11.3 Å². The Morgan fingerprint density at radius 3 is 2.46 bits per heavy atom. The largest absolute Gasteiger partial charge is 0.478 e. The summed E-state index contributed by atoms with van der Waals surface area (Å²) in [5.74, 6) is -1.54. The van der Waals surface area contributed by atoms with Gasteiger partial charge in [0.1, 0.15) is 11.5 Å². The molecular weight excluding hydrogens is 333 g/mol. The van der Waals surface area contributed by atoms with Gasteiger partial charge in [-0.2, -0.15) is 5.10 Å². The van der Waals surface area contributed by atoms with Crippen LogP contribution in [0.25, 0.3) is 28.0 Å². The SMILES string of the molecule is Cc1nn(-c2ccccc2F)c2nc(-c3ccccc3)cc(C(=O)O)c12. The van der Waals surface area contributed by atoms with Gasteiger partial charge in [-0.15, -0.1) is 0 Å². The van der Waals surface area contributed by atoms with Crippen molar-refractivity contribution in [1.82, 2.24) is 14.8 Å². The minimum atomic E-state index is -1.08. The van der Waals surface area contributed by atoms with Gasteiger partial charge in [-0.05, 0) is 25.1 Å². The van der Waals surface area contributed by atoms with Crippen molar-refractivity contribution in [2.24, 2.45) is 0 Å².